The van der Waals surface area contributed by atoms with E-state index in [9.17, 15) is 10.5 Å². The van der Waals surface area contributed by atoms with E-state index in [-0.39, 0.29) is 0 Å². The van der Waals surface area contributed by atoms with E-state index in [1.54, 1.807) is 0 Å². The predicted octanol–water partition coefficient (Wildman–Crippen LogP) is 3.61. The summed E-state index contributed by atoms with van der Waals surface area (Å²) in [5.41, 5.74) is 13.4. The fourth-order valence-electron chi connectivity index (χ4n) is 3.92. The molecule has 2 aromatic heterocycles. The number of aryl methyl sites for hydroxylation is 1. The molecule has 0 fully saturated rings. The largest absolute Gasteiger partial charge is 0.350 e. The summed E-state index contributed by atoms with van der Waals surface area (Å²) in [6, 6.07) is 12.7. The smallest absolute Gasteiger partial charge is 0.289 e. The van der Waals surface area contributed by atoms with Crippen molar-refractivity contribution in [2.75, 3.05) is 5.73 Å². The Morgan fingerprint density at radius 2 is 1.89 bits per heavy atom. The molecular formula is C22H18N5+. The van der Waals surface area contributed by atoms with E-state index in [2.05, 4.69) is 46.1 Å². The summed E-state index contributed by atoms with van der Waals surface area (Å²) in [4.78, 5) is 3.07. The first-order chi connectivity index (χ1) is 13.0. The van der Waals surface area contributed by atoms with Gasteiger partial charge in [-0.15, -0.1) is 0 Å². The third kappa shape index (κ3) is 2.26. The van der Waals surface area contributed by atoms with Gasteiger partial charge in [0.2, 0.25) is 0 Å². The number of benzene rings is 1. The number of hydrogen-bond acceptors (Lipinski definition) is 3. The summed E-state index contributed by atoms with van der Waals surface area (Å²) in [7, 11) is 2.02. The molecule has 27 heavy (non-hydrogen) atoms. The molecule has 3 aromatic rings. The molecule has 0 spiro atoms. The highest BCUT2D eigenvalue weighted by Crippen LogP contribution is 2.43. The zero-order chi connectivity index (χ0) is 19.3. The van der Waals surface area contributed by atoms with Gasteiger partial charge in [0.25, 0.3) is 5.82 Å². The second-order valence-corrected chi connectivity index (χ2v) is 6.78. The zero-order valence-electron chi connectivity index (χ0n) is 15.4. The number of nitrogens with one attached hydrogen (secondary N) is 1. The first-order valence-electron chi connectivity index (χ1n) is 8.61. The maximum Gasteiger partial charge on any atom is 0.289 e. The van der Waals surface area contributed by atoms with Crippen molar-refractivity contribution in [3.63, 3.8) is 0 Å². The van der Waals surface area contributed by atoms with Crippen molar-refractivity contribution in [2.45, 2.75) is 13.8 Å². The number of anilines is 1. The zero-order valence-corrected chi connectivity index (χ0v) is 15.4. The molecule has 3 N–H and O–H groups in total. The summed E-state index contributed by atoms with van der Waals surface area (Å²) in [5, 5.41) is 20.3. The Morgan fingerprint density at radius 1 is 1.15 bits per heavy atom. The third-order valence-electron chi connectivity index (χ3n) is 5.28. The van der Waals surface area contributed by atoms with Crippen LogP contribution in [0.2, 0.25) is 0 Å². The SMILES string of the molecule is CC1=C(C#N)c2[nH+]c(N)c(C#N)c(C)c2C1=Cc1cn(C)c2ccccc12. The van der Waals surface area contributed by atoms with Crippen LogP contribution in [0.3, 0.4) is 0 Å². The van der Waals surface area contributed by atoms with Crippen molar-refractivity contribution in [2.24, 2.45) is 7.05 Å². The van der Waals surface area contributed by atoms with Crippen LogP contribution in [0, 0.1) is 29.6 Å². The van der Waals surface area contributed by atoms with Gasteiger partial charge in [-0.05, 0) is 42.7 Å². The van der Waals surface area contributed by atoms with Crippen LogP contribution in [0.5, 0.6) is 0 Å². The Kier molecular flexibility index (Phi) is 3.61. The van der Waals surface area contributed by atoms with Gasteiger partial charge in [0.1, 0.15) is 23.3 Å². The molecule has 0 atom stereocenters. The van der Waals surface area contributed by atoms with Crippen LogP contribution in [0.4, 0.5) is 5.82 Å². The highest BCUT2D eigenvalue weighted by atomic mass is 14.9. The molecule has 0 saturated heterocycles. The fourth-order valence-corrected chi connectivity index (χ4v) is 3.92. The van der Waals surface area contributed by atoms with Gasteiger partial charge in [0.05, 0.1) is 0 Å². The molecule has 0 radical (unpaired) electrons. The average molecular weight is 352 g/mol. The Labute approximate surface area is 157 Å². The van der Waals surface area contributed by atoms with Crippen LogP contribution in [0.1, 0.15) is 34.9 Å². The molecule has 1 aliphatic carbocycles. The fraction of sp³-hybridized carbons (Fsp3) is 0.136. The molecule has 0 aliphatic heterocycles. The molecular weight excluding hydrogens is 334 g/mol. The van der Waals surface area contributed by atoms with Crippen molar-refractivity contribution in [1.29, 1.82) is 10.5 Å². The first kappa shape index (κ1) is 16.6. The van der Waals surface area contributed by atoms with E-state index in [1.807, 2.05) is 33.0 Å². The van der Waals surface area contributed by atoms with Crippen LogP contribution in [0.15, 0.2) is 36.0 Å². The highest BCUT2D eigenvalue weighted by Gasteiger charge is 2.32. The van der Waals surface area contributed by atoms with Gasteiger partial charge in [-0.1, -0.05) is 18.2 Å². The quantitative estimate of drug-likeness (QED) is 0.725. The van der Waals surface area contributed by atoms with Crippen LogP contribution < -0.4 is 10.7 Å². The van der Waals surface area contributed by atoms with Crippen molar-refractivity contribution in [3.8, 4) is 12.1 Å². The minimum atomic E-state index is 0.292. The third-order valence-corrected chi connectivity index (χ3v) is 5.28. The van der Waals surface area contributed by atoms with Crippen LogP contribution in [0.25, 0.3) is 28.1 Å². The van der Waals surface area contributed by atoms with Gasteiger partial charge in [-0.2, -0.15) is 10.5 Å². The summed E-state index contributed by atoms with van der Waals surface area (Å²) in [6.45, 7) is 3.82. The van der Waals surface area contributed by atoms with Crippen LogP contribution in [-0.4, -0.2) is 4.57 Å². The number of nitrogens with zero attached hydrogens (tertiary/aromatic N) is 3. The minimum absolute atomic E-state index is 0.292. The lowest BCUT2D eigenvalue weighted by atomic mass is 9.95. The number of nitrogen functional groups attached to an aromatic ring is 1. The second-order valence-electron chi connectivity index (χ2n) is 6.78. The molecule has 130 valence electrons. The molecule has 1 aromatic carbocycles. The van der Waals surface area contributed by atoms with Crippen molar-refractivity contribution < 1.29 is 4.98 Å². The van der Waals surface area contributed by atoms with Crippen molar-refractivity contribution in [3.05, 3.63) is 64.0 Å². The van der Waals surface area contributed by atoms with E-state index >= 15 is 0 Å². The lowest BCUT2D eigenvalue weighted by Crippen LogP contribution is -2.20. The molecule has 4 rings (SSSR count). The van der Waals surface area contributed by atoms with E-state index < -0.39 is 0 Å². The van der Waals surface area contributed by atoms with E-state index in [4.69, 9.17) is 5.73 Å². The summed E-state index contributed by atoms with van der Waals surface area (Å²) in [5.74, 6) is 0.292. The van der Waals surface area contributed by atoms with Gasteiger partial charge in [0, 0.05) is 35.3 Å². The number of rotatable bonds is 1. The molecule has 0 unspecified atom stereocenters. The predicted molar refractivity (Wildman–Crippen MR) is 106 cm³/mol. The monoisotopic (exact) mass is 352 g/mol. The van der Waals surface area contributed by atoms with E-state index in [0.29, 0.717) is 22.6 Å². The highest BCUT2D eigenvalue weighted by molar-refractivity contribution is 6.09. The summed E-state index contributed by atoms with van der Waals surface area (Å²) >= 11 is 0. The molecule has 0 amide bonds. The van der Waals surface area contributed by atoms with Gasteiger partial charge in [-0.25, -0.2) is 4.98 Å². The van der Waals surface area contributed by atoms with Crippen molar-refractivity contribution in [1.82, 2.24) is 4.57 Å². The van der Waals surface area contributed by atoms with E-state index in [1.165, 1.54) is 0 Å². The Balaban J connectivity index is 2.06. The number of pyridine rings is 1. The standard InChI is InChI=1S/C22H17N5/c1-12-16(8-14-11-27(3)19-7-5-4-6-15(14)19)20-13(2)18(10-24)22(25)26-21(20)17(12)9-23/h4-8,11H,1-3H3,(H2,25,26)/p+1. The van der Waals surface area contributed by atoms with Gasteiger partial charge in [0.15, 0.2) is 5.69 Å². The number of allylic oxidation sites excluding steroid dienone is 3. The van der Waals surface area contributed by atoms with Crippen LogP contribution >= 0.6 is 0 Å². The van der Waals surface area contributed by atoms with Crippen molar-refractivity contribution >= 4 is 33.9 Å². The Morgan fingerprint density at radius 3 is 2.59 bits per heavy atom. The molecule has 5 nitrogen and oxygen atoms in total. The lowest BCUT2D eigenvalue weighted by Gasteiger charge is -2.08. The molecule has 0 saturated carbocycles. The molecule has 0 bridgehead atoms. The van der Waals surface area contributed by atoms with E-state index in [0.717, 1.165) is 38.7 Å². The maximum absolute atomic E-state index is 9.69. The topological polar surface area (TPSA) is 92.7 Å². The number of aromatic amines is 1. The number of para-hydroxylation sites is 1. The Hall–Kier alpha value is -3.83. The number of aromatic nitrogens is 2. The molecule has 2 heterocycles. The normalized spacial score (nSPS) is 14.5. The first-order valence-corrected chi connectivity index (χ1v) is 8.61. The summed E-state index contributed by atoms with van der Waals surface area (Å²) < 4.78 is 2.09. The average Bonchev–Trinajstić information content (AvgIpc) is 3.10. The van der Waals surface area contributed by atoms with Gasteiger partial charge >= 0.3 is 0 Å². The summed E-state index contributed by atoms with van der Waals surface area (Å²) in [6.07, 6.45) is 4.18. The van der Waals surface area contributed by atoms with Crippen LogP contribution in [-0.2, 0) is 7.05 Å². The maximum atomic E-state index is 9.69. The number of nitrogens with two attached hydrogens (primary N) is 1. The Bertz CT molecular complexity index is 1270. The number of H-pyrrole nitrogens is 1. The number of hydrogen-bond donors (Lipinski definition) is 1. The number of fused-ring (bicyclic) bond motifs is 2. The van der Waals surface area contributed by atoms with Gasteiger partial charge in [-0.3, -0.25) is 5.73 Å². The molecule has 1 aliphatic rings. The minimum Gasteiger partial charge on any atom is -0.350 e. The molecule has 5 heteroatoms. The van der Waals surface area contributed by atoms with Gasteiger partial charge < -0.3 is 4.57 Å². The lowest BCUT2D eigenvalue weighted by molar-refractivity contribution is -0.364. The second kappa shape index (κ2) is 5.86. The number of nitriles is 2.